The molecule has 3 aromatic rings. The third-order valence-electron chi connectivity index (χ3n) is 3.31. The molecule has 2 N–H and O–H groups in total. The molecule has 0 spiro atoms. The minimum absolute atomic E-state index is 0.129. The SMILES string of the molecule is Cc1ccc(NC(=O)CSc2ccc(NC(=O)c3ccco3)nn2)cc1. The van der Waals surface area contributed by atoms with Gasteiger partial charge < -0.3 is 15.1 Å². The van der Waals surface area contributed by atoms with Gasteiger partial charge in [-0.05, 0) is 43.3 Å². The first-order valence-corrected chi connectivity index (χ1v) is 8.76. The van der Waals surface area contributed by atoms with Gasteiger partial charge in [0.15, 0.2) is 11.6 Å². The van der Waals surface area contributed by atoms with Crippen LogP contribution in [0.2, 0.25) is 0 Å². The molecule has 3 rings (SSSR count). The number of nitrogens with one attached hydrogen (secondary N) is 2. The average molecular weight is 368 g/mol. The van der Waals surface area contributed by atoms with Crippen molar-refractivity contribution >= 4 is 35.1 Å². The molecule has 0 atom stereocenters. The van der Waals surface area contributed by atoms with Gasteiger partial charge in [-0.3, -0.25) is 9.59 Å². The first-order chi connectivity index (χ1) is 12.6. The topological polar surface area (TPSA) is 97.1 Å². The quantitative estimate of drug-likeness (QED) is 0.648. The number of aromatic nitrogens is 2. The molecule has 0 aliphatic heterocycles. The van der Waals surface area contributed by atoms with E-state index in [0.29, 0.717) is 10.8 Å². The summed E-state index contributed by atoms with van der Waals surface area (Å²) in [5.74, 6) is 0.177. The Balaban J connectivity index is 1.48. The number of hydrogen-bond donors (Lipinski definition) is 2. The van der Waals surface area contributed by atoms with Gasteiger partial charge in [-0.2, -0.15) is 0 Å². The summed E-state index contributed by atoms with van der Waals surface area (Å²) in [7, 11) is 0. The lowest BCUT2D eigenvalue weighted by Gasteiger charge is -2.05. The molecule has 0 saturated heterocycles. The highest BCUT2D eigenvalue weighted by Crippen LogP contribution is 2.17. The summed E-state index contributed by atoms with van der Waals surface area (Å²) in [4.78, 5) is 23.8. The van der Waals surface area contributed by atoms with Crippen molar-refractivity contribution in [2.45, 2.75) is 11.9 Å². The Morgan fingerprint density at radius 2 is 1.85 bits per heavy atom. The van der Waals surface area contributed by atoms with Crippen LogP contribution in [0.25, 0.3) is 0 Å². The Labute approximate surface area is 154 Å². The van der Waals surface area contributed by atoms with E-state index in [9.17, 15) is 9.59 Å². The minimum Gasteiger partial charge on any atom is -0.459 e. The number of anilines is 2. The number of benzene rings is 1. The fourth-order valence-corrected chi connectivity index (χ4v) is 2.64. The van der Waals surface area contributed by atoms with Gasteiger partial charge in [0, 0.05) is 5.69 Å². The maximum absolute atomic E-state index is 12.0. The highest BCUT2D eigenvalue weighted by Gasteiger charge is 2.10. The lowest BCUT2D eigenvalue weighted by molar-refractivity contribution is -0.113. The summed E-state index contributed by atoms with van der Waals surface area (Å²) in [6, 6.07) is 14.1. The molecular weight excluding hydrogens is 352 g/mol. The fourth-order valence-electron chi connectivity index (χ4n) is 2.02. The van der Waals surface area contributed by atoms with Gasteiger partial charge in [-0.15, -0.1) is 10.2 Å². The maximum atomic E-state index is 12.0. The molecule has 0 unspecified atom stereocenters. The van der Waals surface area contributed by atoms with Crippen LogP contribution in [0.5, 0.6) is 0 Å². The molecule has 2 aromatic heterocycles. The van der Waals surface area contributed by atoms with Gasteiger partial charge in [0.05, 0.1) is 12.0 Å². The Kier molecular flexibility index (Phi) is 5.65. The number of aryl methyl sites for hydroxylation is 1. The molecule has 1 aromatic carbocycles. The zero-order valence-corrected chi connectivity index (χ0v) is 14.7. The smallest absolute Gasteiger partial charge is 0.292 e. The molecular formula is C18H16N4O3S. The van der Waals surface area contributed by atoms with E-state index in [0.717, 1.165) is 11.3 Å². The standard InChI is InChI=1S/C18H16N4O3S/c1-12-4-6-13(7-5-12)19-16(23)11-26-17-9-8-15(21-22-17)20-18(24)14-3-2-10-25-14/h2-10H,11H2,1H3,(H,19,23)(H,20,21,24). The van der Waals surface area contributed by atoms with Crippen LogP contribution in [0.15, 0.2) is 64.2 Å². The first kappa shape index (κ1) is 17.7. The third-order valence-corrected chi connectivity index (χ3v) is 4.23. The van der Waals surface area contributed by atoms with Crippen LogP contribution in [-0.4, -0.2) is 27.8 Å². The van der Waals surface area contributed by atoms with Gasteiger partial charge in [0.2, 0.25) is 5.91 Å². The van der Waals surface area contributed by atoms with Gasteiger partial charge in [-0.25, -0.2) is 0 Å². The predicted octanol–water partition coefficient (Wildman–Crippen LogP) is 3.36. The molecule has 26 heavy (non-hydrogen) atoms. The number of thioether (sulfide) groups is 1. The summed E-state index contributed by atoms with van der Waals surface area (Å²) in [5, 5.41) is 13.9. The molecule has 2 heterocycles. The van der Waals surface area contributed by atoms with Gasteiger partial charge >= 0.3 is 0 Å². The van der Waals surface area contributed by atoms with Crippen LogP contribution in [0, 0.1) is 6.92 Å². The first-order valence-electron chi connectivity index (χ1n) is 7.78. The number of rotatable bonds is 6. The number of furan rings is 1. The van der Waals surface area contributed by atoms with Crippen LogP contribution in [-0.2, 0) is 4.79 Å². The van der Waals surface area contributed by atoms with Crippen molar-refractivity contribution in [1.82, 2.24) is 10.2 Å². The van der Waals surface area contributed by atoms with Crippen molar-refractivity contribution in [3.05, 3.63) is 66.1 Å². The third kappa shape index (κ3) is 4.93. The Morgan fingerprint density at radius 1 is 1.04 bits per heavy atom. The summed E-state index contributed by atoms with van der Waals surface area (Å²) < 4.78 is 5.00. The zero-order chi connectivity index (χ0) is 18.4. The van der Waals surface area contributed by atoms with E-state index in [4.69, 9.17) is 4.42 Å². The fraction of sp³-hybridized carbons (Fsp3) is 0.111. The van der Waals surface area contributed by atoms with Crippen LogP contribution in [0.4, 0.5) is 11.5 Å². The van der Waals surface area contributed by atoms with E-state index in [2.05, 4.69) is 20.8 Å². The van der Waals surface area contributed by atoms with Crippen molar-refractivity contribution in [3.8, 4) is 0 Å². The number of carbonyl (C=O) groups is 2. The molecule has 2 amide bonds. The molecule has 0 radical (unpaired) electrons. The van der Waals surface area contributed by atoms with Crippen LogP contribution >= 0.6 is 11.8 Å². The van der Waals surface area contributed by atoms with Crippen LogP contribution in [0.3, 0.4) is 0 Å². The second kappa shape index (κ2) is 8.30. The van der Waals surface area contributed by atoms with E-state index in [-0.39, 0.29) is 17.4 Å². The summed E-state index contributed by atoms with van der Waals surface area (Å²) in [6.45, 7) is 1.99. The van der Waals surface area contributed by atoms with E-state index in [1.807, 2.05) is 31.2 Å². The Bertz CT molecular complexity index is 878. The Morgan fingerprint density at radius 3 is 2.50 bits per heavy atom. The van der Waals surface area contributed by atoms with E-state index in [1.54, 1.807) is 24.3 Å². The molecule has 0 fully saturated rings. The minimum atomic E-state index is -0.401. The van der Waals surface area contributed by atoms with Gasteiger partial charge in [-0.1, -0.05) is 29.5 Å². The summed E-state index contributed by atoms with van der Waals surface area (Å²) >= 11 is 1.26. The van der Waals surface area contributed by atoms with Gasteiger partial charge in [0.25, 0.3) is 5.91 Å². The molecule has 0 aliphatic rings. The number of hydrogen-bond acceptors (Lipinski definition) is 6. The number of carbonyl (C=O) groups excluding carboxylic acids is 2. The lowest BCUT2D eigenvalue weighted by Crippen LogP contribution is -2.14. The second-order valence-electron chi connectivity index (χ2n) is 5.39. The van der Waals surface area contributed by atoms with Crippen molar-refractivity contribution in [2.24, 2.45) is 0 Å². The van der Waals surface area contributed by atoms with Crippen molar-refractivity contribution in [1.29, 1.82) is 0 Å². The molecule has 0 bridgehead atoms. The van der Waals surface area contributed by atoms with Crippen LogP contribution in [0.1, 0.15) is 16.1 Å². The molecule has 132 valence electrons. The van der Waals surface area contributed by atoms with E-state index >= 15 is 0 Å². The largest absolute Gasteiger partial charge is 0.459 e. The molecule has 0 aliphatic carbocycles. The highest BCUT2D eigenvalue weighted by molar-refractivity contribution is 7.99. The predicted molar refractivity (Wildman–Crippen MR) is 99.2 cm³/mol. The average Bonchev–Trinajstić information content (AvgIpc) is 3.18. The molecule has 8 heteroatoms. The van der Waals surface area contributed by atoms with E-state index < -0.39 is 5.91 Å². The lowest BCUT2D eigenvalue weighted by atomic mass is 10.2. The molecule has 0 saturated carbocycles. The Hall–Kier alpha value is -3.13. The normalized spacial score (nSPS) is 10.3. The molecule has 7 nitrogen and oxygen atoms in total. The van der Waals surface area contributed by atoms with E-state index in [1.165, 1.54) is 18.0 Å². The maximum Gasteiger partial charge on any atom is 0.292 e. The van der Waals surface area contributed by atoms with Gasteiger partial charge in [0.1, 0.15) is 5.03 Å². The van der Waals surface area contributed by atoms with Crippen molar-refractivity contribution in [2.75, 3.05) is 16.4 Å². The summed E-state index contributed by atoms with van der Waals surface area (Å²) in [6.07, 6.45) is 1.42. The number of amides is 2. The second-order valence-corrected chi connectivity index (χ2v) is 6.39. The van der Waals surface area contributed by atoms with Crippen molar-refractivity contribution < 1.29 is 14.0 Å². The summed E-state index contributed by atoms with van der Waals surface area (Å²) in [5.41, 5.74) is 1.88. The van der Waals surface area contributed by atoms with Crippen LogP contribution < -0.4 is 10.6 Å². The highest BCUT2D eigenvalue weighted by atomic mass is 32.2. The number of nitrogens with zero attached hydrogens (tertiary/aromatic N) is 2. The van der Waals surface area contributed by atoms with Crippen molar-refractivity contribution in [3.63, 3.8) is 0 Å². The monoisotopic (exact) mass is 368 g/mol. The zero-order valence-electron chi connectivity index (χ0n) is 13.9.